The number of nitrogens with one attached hydrogen (secondary N) is 1. The number of oxime groups is 1. The Morgan fingerprint density at radius 1 is 1.38 bits per heavy atom. The lowest BCUT2D eigenvalue weighted by atomic mass is 10.0. The molecule has 2 aliphatic rings. The Balaban J connectivity index is 1.47. The van der Waals surface area contributed by atoms with Crippen molar-refractivity contribution in [2.24, 2.45) is 10.9 Å². The van der Waals surface area contributed by atoms with E-state index in [-0.39, 0.29) is 28.1 Å². The van der Waals surface area contributed by atoms with Crippen LogP contribution in [0.1, 0.15) is 16.2 Å². The lowest BCUT2D eigenvalue weighted by Gasteiger charge is -2.50. The van der Waals surface area contributed by atoms with E-state index in [0.29, 0.717) is 17.7 Å². The molecule has 0 saturated carbocycles. The van der Waals surface area contributed by atoms with Crippen LogP contribution in [0.2, 0.25) is 0 Å². The van der Waals surface area contributed by atoms with Gasteiger partial charge in [0.2, 0.25) is 17.4 Å². The number of nitrogens with two attached hydrogens (primary N) is 2. The molecule has 3 amide bonds. The molecule has 0 spiro atoms. The lowest BCUT2D eigenvalue weighted by molar-refractivity contribution is -0.687. The predicted molar refractivity (Wildman–Crippen MR) is 129 cm³/mol. The number of nitrogens with zero attached hydrogens (tertiary/aromatic N) is 5. The number of β-lactam (4-membered cyclic amide) rings is 1. The van der Waals surface area contributed by atoms with Crippen molar-refractivity contribution in [3.05, 3.63) is 59.3 Å². The number of carbonyl (C=O) groups is 4. The van der Waals surface area contributed by atoms with Crippen molar-refractivity contribution in [1.82, 2.24) is 19.6 Å². The van der Waals surface area contributed by atoms with Gasteiger partial charge in [-0.2, -0.15) is 9.36 Å². The van der Waals surface area contributed by atoms with E-state index in [1.807, 2.05) is 0 Å². The minimum atomic E-state index is -1.51. The van der Waals surface area contributed by atoms with Gasteiger partial charge in [0, 0.05) is 29.4 Å². The highest BCUT2D eigenvalue weighted by atomic mass is 32.2. The zero-order chi connectivity index (χ0) is 26.7. The summed E-state index contributed by atoms with van der Waals surface area (Å²) in [5.41, 5.74) is 11.0. The molecular formula is C21H20N8O6S2. The van der Waals surface area contributed by atoms with Crippen molar-refractivity contribution in [2.75, 3.05) is 18.6 Å². The number of fused-ring (bicyclic) bond motifs is 1. The van der Waals surface area contributed by atoms with E-state index in [4.69, 9.17) is 16.3 Å². The second-order valence-electron chi connectivity index (χ2n) is 7.65. The number of anilines is 1. The first-order valence-electron chi connectivity index (χ1n) is 10.6. The molecule has 5 N–H and O–H groups in total. The van der Waals surface area contributed by atoms with Crippen molar-refractivity contribution in [3.63, 3.8) is 0 Å². The van der Waals surface area contributed by atoms with Crippen molar-refractivity contribution >= 4 is 57.8 Å². The van der Waals surface area contributed by atoms with Gasteiger partial charge < -0.3 is 31.5 Å². The van der Waals surface area contributed by atoms with Crippen LogP contribution >= 0.6 is 23.3 Å². The van der Waals surface area contributed by atoms with Crippen LogP contribution in [0.3, 0.4) is 0 Å². The Morgan fingerprint density at radius 3 is 2.70 bits per heavy atom. The number of hydrogen-bond acceptors (Lipinski definition) is 12. The number of hydrogen-bond donors (Lipinski definition) is 3. The number of nitrogen functional groups attached to an aromatic ring is 1. The molecule has 16 heteroatoms. The van der Waals surface area contributed by atoms with Gasteiger partial charge in [-0.05, 0) is 11.6 Å². The summed E-state index contributed by atoms with van der Waals surface area (Å²) < 4.78 is 5.68. The number of primary amides is 1. The molecule has 1 saturated heterocycles. The van der Waals surface area contributed by atoms with Gasteiger partial charge in [-0.25, -0.2) is 4.57 Å². The van der Waals surface area contributed by atoms with Gasteiger partial charge in [0.1, 0.15) is 18.5 Å². The fourth-order valence-corrected chi connectivity index (χ4v) is 5.39. The van der Waals surface area contributed by atoms with Crippen molar-refractivity contribution < 1.29 is 33.7 Å². The zero-order valence-corrected chi connectivity index (χ0v) is 20.8. The summed E-state index contributed by atoms with van der Waals surface area (Å²) in [6, 6.07) is 2.13. The smallest absolute Gasteiger partial charge is 0.278 e. The molecule has 0 radical (unpaired) electrons. The van der Waals surface area contributed by atoms with Crippen LogP contribution < -0.4 is 26.5 Å². The highest BCUT2D eigenvalue weighted by molar-refractivity contribution is 8.00. The molecular weight excluding hydrogens is 524 g/mol. The molecule has 0 aromatic carbocycles. The molecule has 1 unspecified atom stereocenters. The van der Waals surface area contributed by atoms with Crippen LogP contribution in [-0.4, -0.2) is 67.9 Å². The van der Waals surface area contributed by atoms with Crippen molar-refractivity contribution in [3.8, 4) is 0 Å². The number of carboxylic acids is 1. The average molecular weight is 545 g/mol. The third kappa shape index (κ3) is 5.29. The highest BCUT2D eigenvalue weighted by Crippen LogP contribution is 2.40. The molecule has 2 aromatic rings. The van der Waals surface area contributed by atoms with E-state index in [2.05, 4.69) is 19.8 Å². The van der Waals surface area contributed by atoms with Crippen LogP contribution in [0.5, 0.6) is 0 Å². The van der Waals surface area contributed by atoms with Gasteiger partial charge in [-0.3, -0.25) is 19.3 Å². The quantitative estimate of drug-likeness (QED) is 0.131. The van der Waals surface area contributed by atoms with Crippen LogP contribution in [0.25, 0.3) is 0 Å². The van der Waals surface area contributed by atoms with Crippen LogP contribution in [-0.2, 0) is 25.8 Å². The number of allylic oxidation sites excluding steroid dienone is 2. The molecule has 37 heavy (non-hydrogen) atoms. The molecule has 2 atom stereocenters. The van der Waals surface area contributed by atoms with Gasteiger partial charge in [-0.1, -0.05) is 11.2 Å². The maximum Gasteiger partial charge on any atom is 0.278 e. The summed E-state index contributed by atoms with van der Waals surface area (Å²) in [5.74, 6) is -3.25. The second-order valence-corrected chi connectivity index (χ2v) is 9.54. The minimum Gasteiger partial charge on any atom is -0.543 e. The van der Waals surface area contributed by atoms with Crippen LogP contribution in [0.15, 0.2) is 53.1 Å². The molecule has 14 nitrogen and oxygen atoms in total. The molecule has 2 aliphatic heterocycles. The molecule has 1 fully saturated rings. The Kier molecular flexibility index (Phi) is 7.49. The minimum absolute atomic E-state index is 0.0633. The van der Waals surface area contributed by atoms with Crippen molar-refractivity contribution in [2.45, 2.75) is 18.0 Å². The summed E-state index contributed by atoms with van der Waals surface area (Å²) in [6.07, 6.45) is 6.64. The summed E-state index contributed by atoms with van der Waals surface area (Å²) in [6.45, 7) is 0.375. The number of thioether (sulfide) groups is 1. The first-order chi connectivity index (χ1) is 17.7. The number of amides is 3. The van der Waals surface area contributed by atoms with E-state index in [1.54, 1.807) is 41.2 Å². The maximum absolute atomic E-state index is 12.9. The van der Waals surface area contributed by atoms with Gasteiger partial charge in [0.25, 0.3) is 11.8 Å². The summed E-state index contributed by atoms with van der Waals surface area (Å²) in [5, 5.41) is 17.6. The highest BCUT2D eigenvalue weighted by Gasteiger charge is 2.53. The third-order valence-corrected chi connectivity index (χ3v) is 7.18. The number of aromatic nitrogens is 3. The second kappa shape index (κ2) is 10.8. The van der Waals surface area contributed by atoms with Gasteiger partial charge in [0.05, 0.1) is 17.2 Å². The number of pyridine rings is 1. The monoisotopic (exact) mass is 544 g/mol. The summed E-state index contributed by atoms with van der Waals surface area (Å²) in [7, 11) is 1.23. The third-order valence-electron chi connectivity index (χ3n) is 5.34. The van der Waals surface area contributed by atoms with E-state index < -0.39 is 35.1 Å². The molecule has 4 rings (SSSR count). The topological polar surface area (TPSA) is 210 Å². The largest absolute Gasteiger partial charge is 0.543 e. The first-order valence-corrected chi connectivity index (χ1v) is 12.4. The first kappa shape index (κ1) is 25.8. The van der Waals surface area contributed by atoms with Gasteiger partial charge >= 0.3 is 0 Å². The van der Waals surface area contributed by atoms with Crippen LogP contribution in [0.4, 0.5) is 5.13 Å². The number of aliphatic carboxylic acids is 1. The molecule has 0 bridgehead atoms. The van der Waals surface area contributed by atoms with Gasteiger partial charge in [-0.15, -0.1) is 11.8 Å². The number of carbonyl (C=O) groups excluding carboxylic acids is 4. The average Bonchev–Trinajstić information content (AvgIpc) is 3.31. The number of rotatable bonds is 9. The summed E-state index contributed by atoms with van der Waals surface area (Å²) in [4.78, 5) is 58.5. The Morgan fingerprint density at radius 2 is 2.11 bits per heavy atom. The number of carboxylic acid groups (broad SMARTS) is 1. The Hall–Kier alpha value is -4.31. The van der Waals surface area contributed by atoms with Gasteiger partial charge in [0.15, 0.2) is 24.1 Å². The Labute approximate surface area is 217 Å². The SMILES string of the molecule is CON=C(C(=O)NC1C(=O)N2C(C(=O)[O-])=C(C=CC[n+]3ccc(C(N)=O)cc3)CS[C@@H]12)c1nsc(N)n1. The summed E-state index contributed by atoms with van der Waals surface area (Å²) >= 11 is 2.14. The molecule has 2 aromatic heterocycles. The molecule has 0 aliphatic carbocycles. The van der Waals surface area contributed by atoms with Crippen molar-refractivity contribution in [1.29, 1.82) is 0 Å². The Bertz CT molecular complexity index is 1350. The zero-order valence-electron chi connectivity index (χ0n) is 19.2. The molecule has 192 valence electrons. The van der Waals surface area contributed by atoms with E-state index in [0.717, 1.165) is 16.4 Å². The predicted octanol–water partition coefficient (Wildman–Crippen LogP) is -2.48. The van der Waals surface area contributed by atoms with Crippen LogP contribution in [0, 0.1) is 0 Å². The van der Waals surface area contributed by atoms with E-state index in [1.165, 1.54) is 18.9 Å². The maximum atomic E-state index is 12.9. The standard InChI is InChI=1S/C21H20N8O6S2/c1-35-26-12(16-25-21(23)37-27-16)17(31)24-13-18(32)29-14(20(33)34)11(9-36-19(13)29)3-2-6-28-7-4-10(5-8-28)15(22)30/h2-5,7-8,13,19H,6,9H2,1H3,(H5-,22,23,24,25,27,30,31,33,34)/t13?,19-/m0/s1. The molecule has 4 heterocycles. The van der Waals surface area contributed by atoms with E-state index >= 15 is 0 Å². The lowest BCUT2D eigenvalue weighted by Crippen LogP contribution is -2.71. The fraction of sp³-hybridized carbons (Fsp3) is 0.238. The fourth-order valence-electron chi connectivity index (χ4n) is 3.64. The van der Waals surface area contributed by atoms with E-state index in [9.17, 15) is 24.3 Å². The normalized spacial score (nSPS) is 19.4.